The molecule has 1 fully saturated rings. The fourth-order valence-electron chi connectivity index (χ4n) is 1.63. The maximum Gasteiger partial charge on any atom is 0.271 e. The standard InChI is InChI=1S/C12H14ClN3O3/c13-10-4-3-9(16(18)19)5-11(10)15-12(17)7-14-6-8-1-2-8/h3-5,8,14H,1-2,6-7H2,(H,15,17). The highest BCUT2D eigenvalue weighted by Crippen LogP contribution is 2.28. The van der Waals surface area contributed by atoms with Crippen LogP contribution in [0.2, 0.25) is 5.02 Å². The molecule has 0 unspecified atom stereocenters. The molecular formula is C12H14ClN3O3. The second-order valence-electron chi connectivity index (χ2n) is 4.54. The summed E-state index contributed by atoms with van der Waals surface area (Å²) >= 11 is 5.88. The summed E-state index contributed by atoms with van der Waals surface area (Å²) in [4.78, 5) is 21.8. The summed E-state index contributed by atoms with van der Waals surface area (Å²) < 4.78 is 0. The van der Waals surface area contributed by atoms with Crippen molar-refractivity contribution in [2.45, 2.75) is 12.8 Å². The summed E-state index contributed by atoms with van der Waals surface area (Å²) in [6.07, 6.45) is 2.43. The van der Waals surface area contributed by atoms with Gasteiger partial charge in [0.05, 0.1) is 22.2 Å². The highest BCUT2D eigenvalue weighted by molar-refractivity contribution is 6.33. The molecule has 0 heterocycles. The summed E-state index contributed by atoms with van der Waals surface area (Å²) in [5, 5.41) is 16.5. The van der Waals surface area contributed by atoms with Crippen molar-refractivity contribution >= 4 is 28.9 Å². The van der Waals surface area contributed by atoms with Crippen LogP contribution in [0.3, 0.4) is 0 Å². The summed E-state index contributed by atoms with van der Waals surface area (Å²) in [5.74, 6) is 0.428. The van der Waals surface area contributed by atoms with Crippen LogP contribution in [0.25, 0.3) is 0 Å². The monoisotopic (exact) mass is 283 g/mol. The van der Waals surface area contributed by atoms with Crippen LogP contribution < -0.4 is 10.6 Å². The number of nitro benzene ring substituents is 1. The molecule has 0 saturated heterocycles. The Bertz CT molecular complexity index is 503. The first-order valence-corrected chi connectivity index (χ1v) is 6.38. The van der Waals surface area contributed by atoms with Gasteiger partial charge in [0.2, 0.25) is 5.91 Å². The van der Waals surface area contributed by atoms with Gasteiger partial charge in [-0.1, -0.05) is 11.6 Å². The van der Waals surface area contributed by atoms with Crippen LogP contribution in [-0.2, 0) is 4.79 Å². The quantitative estimate of drug-likeness (QED) is 0.619. The number of hydrogen-bond acceptors (Lipinski definition) is 4. The second-order valence-corrected chi connectivity index (χ2v) is 4.95. The van der Waals surface area contributed by atoms with Crippen molar-refractivity contribution in [3.8, 4) is 0 Å². The molecule has 1 aliphatic carbocycles. The third-order valence-electron chi connectivity index (χ3n) is 2.85. The topological polar surface area (TPSA) is 84.3 Å². The Labute approximate surface area is 115 Å². The summed E-state index contributed by atoms with van der Waals surface area (Å²) in [7, 11) is 0. The SMILES string of the molecule is O=C(CNCC1CC1)Nc1cc([N+](=O)[O-])ccc1Cl. The molecule has 6 nitrogen and oxygen atoms in total. The van der Waals surface area contributed by atoms with Gasteiger partial charge in [-0.3, -0.25) is 14.9 Å². The lowest BCUT2D eigenvalue weighted by molar-refractivity contribution is -0.384. The molecule has 1 aromatic rings. The van der Waals surface area contributed by atoms with Crippen molar-refractivity contribution in [3.05, 3.63) is 33.3 Å². The number of carbonyl (C=O) groups is 1. The van der Waals surface area contributed by atoms with Crippen molar-refractivity contribution < 1.29 is 9.72 Å². The van der Waals surface area contributed by atoms with Gasteiger partial charge < -0.3 is 10.6 Å². The van der Waals surface area contributed by atoms with Crippen LogP contribution in [0, 0.1) is 16.0 Å². The third kappa shape index (κ3) is 4.18. The van der Waals surface area contributed by atoms with Gasteiger partial charge in [0.1, 0.15) is 0 Å². The molecule has 2 rings (SSSR count). The van der Waals surface area contributed by atoms with Crippen LogP contribution in [0.15, 0.2) is 18.2 Å². The zero-order chi connectivity index (χ0) is 13.8. The Balaban J connectivity index is 1.90. The first kappa shape index (κ1) is 13.8. The highest BCUT2D eigenvalue weighted by atomic mass is 35.5. The van der Waals surface area contributed by atoms with Crippen molar-refractivity contribution in [1.82, 2.24) is 5.32 Å². The molecular weight excluding hydrogens is 270 g/mol. The Morgan fingerprint density at radius 2 is 2.21 bits per heavy atom. The summed E-state index contributed by atoms with van der Waals surface area (Å²) in [6, 6.07) is 3.94. The molecule has 1 saturated carbocycles. The Kier molecular flexibility index (Phi) is 4.34. The average Bonchev–Trinajstić information content (AvgIpc) is 3.15. The third-order valence-corrected chi connectivity index (χ3v) is 3.18. The molecule has 1 aliphatic rings. The zero-order valence-corrected chi connectivity index (χ0v) is 10.9. The first-order chi connectivity index (χ1) is 9.06. The lowest BCUT2D eigenvalue weighted by Gasteiger charge is -2.07. The van der Waals surface area contributed by atoms with Gasteiger partial charge in [0.25, 0.3) is 5.69 Å². The van der Waals surface area contributed by atoms with E-state index in [2.05, 4.69) is 10.6 Å². The molecule has 0 atom stereocenters. The van der Waals surface area contributed by atoms with Crippen LogP contribution in [0.4, 0.5) is 11.4 Å². The van der Waals surface area contributed by atoms with Gasteiger partial charge in [-0.05, 0) is 31.4 Å². The van der Waals surface area contributed by atoms with Gasteiger partial charge in [0.15, 0.2) is 0 Å². The van der Waals surface area contributed by atoms with E-state index in [0.717, 1.165) is 6.54 Å². The fraction of sp³-hybridized carbons (Fsp3) is 0.417. The minimum Gasteiger partial charge on any atom is -0.323 e. The van der Waals surface area contributed by atoms with E-state index in [1.54, 1.807) is 0 Å². The van der Waals surface area contributed by atoms with E-state index in [1.807, 2.05) is 0 Å². The normalized spacial score (nSPS) is 14.2. The zero-order valence-electron chi connectivity index (χ0n) is 10.2. The lowest BCUT2D eigenvalue weighted by atomic mass is 10.2. The van der Waals surface area contributed by atoms with Crippen LogP contribution in [-0.4, -0.2) is 23.9 Å². The van der Waals surface area contributed by atoms with Gasteiger partial charge in [-0.25, -0.2) is 0 Å². The molecule has 0 aromatic heterocycles. The van der Waals surface area contributed by atoms with Crippen molar-refractivity contribution in [1.29, 1.82) is 0 Å². The Morgan fingerprint density at radius 3 is 2.84 bits per heavy atom. The van der Waals surface area contributed by atoms with E-state index >= 15 is 0 Å². The van der Waals surface area contributed by atoms with Crippen molar-refractivity contribution in [2.24, 2.45) is 5.92 Å². The molecule has 0 bridgehead atoms. The molecule has 2 N–H and O–H groups in total. The maximum absolute atomic E-state index is 11.6. The molecule has 0 aliphatic heterocycles. The van der Waals surface area contributed by atoms with Crippen LogP contribution in [0.5, 0.6) is 0 Å². The second kappa shape index (κ2) is 5.99. The number of carbonyl (C=O) groups excluding carboxylic acids is 1. The lowest BCUT2D eigenvalue weighted by Crippen LogP contribution is -2.29. The number of nitro groups is 1. The minimum absolute atomic E-state index is 0.106. The number of hydrogen-bond donors (Lipinski definition) is 2. The molecule has 102 valence electrons. The van der Waals surface area contributed by atoms with Crippen molar-refractivity contribution in [3.63, 3.8) is 0 Å². The van der Waals surface area contributed by atoms with E-state index in [0.29, 0.717) is 5.92 Å². The number of non-ortho nitro benzene ring substituents is 1. The van der Waals surface area contributed by atoms with Gasteiger partial charge in [-0.15, -0.1) is 0 Å². The Hall–Kier alpha value is -1.66. The number of rotatable bonds is 6. The minimum atomic E-state index is -0.530. The largest absolute Gasteiger partial charge is 0.323 e. The van der Waals surface area contributed by atoms with E-state index in [1.165, 1.54) is 31.0 Å². The number of nitrogens with one attached hydrogen (secondary N) is 2. The molecule has 0 spiro atoms. The number of amides is 1. The van der Waals surface area contributed by atoms with E-state index in [4.69, 9.17) is 11.6 Å². The highest BCUT2D eigenvalue weighted by Gasteiger charge is 2.20. The smallest absolute Gasteiger partial charge is 0.271 e. The number of halogens is 1. The van der Waals surface area contributed by atoms with Crippen LogP contribution in [0.1, 0.15) is 12.8 Å². The summed E-state index contributed by atoms with van der Waals surface area (Å²) in [5.41, 5.74) is 0.153. The molecule has 19 heavy (non-hydrogen) atoms. The van der Waals surface area contributed by atoms with E-state index in [-0.39, 0.29) is 28.8 Å². The number of anilines is 1. The number of nitrogens with zero attached hydrogens (tertiary/aromatic N) is 1. The van der Waals surface area contributed by atoms with Gasteiger partial charge >= 0.3 is 0 Å². The maximum atomic E-state index is 11.6. The number of benzene rings is 1. The van der Waals surface area contributed by atoms with Gasteiger partial charge in [-0.2, -0.15) is 0 Å². The van der Waals surface area contributed by atoms with Gasteiger partial charge in [0, 0.05) is 12.1 Å². The molecule has 0 radical (unpaired) electrons. The average molecular weight is 284 g/mol. The Morgan fingerprint density at radius 1 is 1.47 bits per heavy atom. The first-order valence-electron chi connectivity index (χ1n) is 6.01. The molecule has 1 amide bonds. The summed E-state index contributed by atoms with van der Waals surface area (Å²) in [6.45, 7) is 1.01. The predicted octanol–water partition coefficient (Wildman–Crippen LogP) is 2.19. The molecule has 7 heteroatoms. The van der Waals surface area contributed by atoms with Crippen molar-refractivity contribution in [2.75, 3.05) is 18.4 Å². The van der Waals surface area contributed by atoms with Crippen LogP contribution >= 0.6 is 11.6 Å². The van der Waals surface area contributed by atoms with E-state index < -0.39 is 4.92 Å². The van der Waals surface area contributed by atoms with E-state index in [9.17, 15) is 14.9 Å². The fourth-order valence-corrected chi connectivity index (χ4v) is 1.79. The molecule has 1 aromatic carbocycles. The predicted molar refractivity (Wildman–Crippen MR) is 72.3 cm³/mol.